The second kappa shape index (κ2) is 3.87. The number of likely N-dealkylation sites (N-methyl/N-ethyl adjacent to an activating group) is 1. The zero-order valence-electron chi connectivity index (χ0n) is 7.58. The van der Waals surface area contributed by atoms with Crippen LogP contribution in [-0.2, 0) is 4.79 Å². The van der Waals surface area contributed by atoms with Crippen molar-refractivity contribution in [2.45, 2.75) is 25.5 Å². The van der Waals surface area contributed by atoms with Gasteiger partial charge in [-0.3, -0.25) is 4.79 Å². The summed E-state index contributed by atoms with van der Waals surface area (Å²) in [5.41, 5.74) is 0. The van der Waals surface area contributed by atoms with Gasteiger partial charge in [0, 0.05) is 13.1 Å². The van der Waals surface area contributed by atoms with E-state index in [1.54, 1.807) is 11.9 Å². The van der Waals surface area contributed by atoms with E-state index in [1.807, 2.05) is 6.92 Å². The molecular weight excluding hydrogens is 156 g/mol. The van der Waals surface area contributed by atoms with Crippen LogP contribution in [0.2, 0.25) is 0 Å². The van der Waals surface area contributed by atoms with E-state index in [9.17, 15) is 9.90 Å². The third-order valence-corrected chi connectivity index (χ3v) is 2.28. The van der Waals surface area contributed by atoms with Gasteiger partial charge in [0.05, 0.1) is 12.1 Å². The molecule has 4 heteroatoms. The molecule has 2 unspecified atom stereocenters. The minimum atomic E-state index is -0.321. The van der Waals surface area contributed by atoms with Crippen LogP contribution in [-0.4, -0.2) is 48.2 Å². The van der Waals surface area contributed by atoms with Crippen LogP contribution >= 0.6 is 0 Å². The molecule has 0 aromatic rings. The number of likely N-dealkylation sites (tertiary alicyclic amines) is 1. The van der Waals surface area contributed by atoms with Crippen molar-refractivity contribution in [1.29, 1.82) is 0 Å². The Labute approximate surface area is 72.6 Å². The van der Waals surface area contributed by atoms with Crippen LogP contribution in [0, 0.1) is 0 Å². The number of carbonyl (C=O) groups excluding carboxylic acids is 1. The van der Waals surface area contributed by atoms with Gasteiger partial charge in [-0.1, -0.05) is 0 Å². The Balaban J connectivity index is 2.43. The minimum absolute atomic E-state index is 0.0778. The Morgan fingerprint density at radius 2 is 2.42 bits per heavy atom. The predicted octanol–water partition coefficient (Wildman–Crippen LogP) is -0.813. The van der Waals surface area contributed by atoms with Gasteiger partial charge in [-0.2, -0.15) is 0 Å². The van der Waals surface area contributed by atoms with Gasteiger partial charge >= 0.3 is 0 Å². The highest BCUT2D eigenvalue weighted by Gasteiger charge is 2.26. The molecule has 0 saturated carbocycles. The molecule has 2 N–H and O–H groups in total. The average molecular weight is 172 g/mol. The second-order valence-corrected chi connectivity index (χ2v) is 3.24. The first-order valence-electron chi connectivity index (χ1n) is 4.29. The van der Waals surface area contributed by atoms with Crippen molar-refractivity contribution in [3.63, 3.8) is 0 Å². The molecule has 2 atom stereocenters. The van der Waals surface area contributed by atoms with Crippen molar-refractivity contribution >= 4 is 5.91 Å². The van der Waals surface area contributed by atoms with E-state index < -0.39 is 0 Å². The molecule has 1 amide bonds. The van der Waals surface area contributed by atoms with Crippen LogP contribution in [0.1, 0.15) is 13.3 Å². The highest BCUT2D eigenvalue weighted by atomic mass is 16.3. The summed E-state index contributed by atoms with van der Waals surface area (Å²) in [5, 5.41) is 12.1. The van der Waals surface area contributed by atoms with Crippen LogP contribution in [0.3, 0.4) is 0 Å². The fourth-order valence-corrected chi connectivity index (χ4v) is 1.34. The smallest absolute Gasteiger partial charge is 0.239 e. The summed E-state index contributed by atoms with van der Waals surface area (Å²) in [5.74, 6) is 0.0778. The molecule has 1 saturated heterocycles. The molecule has 1 heterocycles. The first kappa shape index (κ1) is 9.48. The van der Waals surface area contributed by atoms with Crippen LogP contribution < -0.4 is 5.32 Å². The first-order valence-corrected chi connectivity index (χ1v) is 4.29. The Hall–Kier alpha value is -0.610. The highest BCUT2D eigenvalue weighted by molar-refractivity contribution is 5.81. The molecule has 1 rings (SSSR count). The van der Waals surface area contributed by atoms with Crippen molar-refractivity contribution in [3.8, 4) is 0 Å². The van der Waals surface area contributed by atoms with E-state index in [4.69, 9.17) is 0 Å². The van der Waals surface area contributed by atoms with Crippen molar-refractivity contribution in [1.82, 2.24) is 10.2 Å². The van der Waals surface area contributed by atoms with Crippen molar-refractivity contribution < 1.29 is 9.90 Å². The second-order valence-electron chi connectivity index (χ2n) is 3.24. The molecule has 0 spiro atoms. The van der Waals surface area contributed by atoms with Gasteiger partial charge in [-0.25, -0.2) is 0 Å². The van der Waals surface area contributed by atoms with Gasteiger partial charge in [0.1, 0.15) is 0 Å². The lowest BCUT2D eigenvalue weighted by Gasteiger charge is -2.19. The normalized spacial score (nSPS) is 25.9. The maximum atomic E-state index is 11.5. The molecule has 0 aliphatic carbocycles. The summed E-state index contributed by atoms with van der Waals surface area (Å²) in [6.07, 6.45) is 0.389. The molecule has 0 aromatic heterocycles. The number of aliphatic hydroxyl groups excluding tert-OH is 1. The third-order valence-electron chi connectivity index (χ3n) is 2.28. The number of carbonyl (C=O) groups is 1. The van der Waals surface area contributed by atoms with Gasteiger partial charge < -0.3 is 15.3 Å². The molecule has 70 valence electrons. The van der Waals surface area contributed by atoms with Gasteiger partial charge in [-0.05, 0) is 20.4 Å². The summed E-state index contributed by atoms with van der Waals surface area (Å²) in [6.45, 7) is 3.00. The molecule has 0 radical (unpaired) electrons. The minimum Gasteiger partial charge on any atom is -0.391 e. The van der Waals surface area contributed by atoms with Gasteiger partial charge in [0.15, 0.2) is 0 Å². The fraction of sp³-hybridized carbons (Fsp3) is 0.875. The number of hydrogen-bond acceptors (Lipinski definition) is 3. The Kier molecular flexibility index (Phi) is 3.05. The summed E-state index contributed by atoms with van der Waals surface area (Å²) < 4.78 is 0. The standard InChI is InChI=1S/C8H16N2O2/c1-6(9-2)8(12)10-4-3-7(11)5-10/h6-7,9,11H,3-5H2,1-2H3. The molecule has 12 heavy (non-hydrogen) atoms. The maximum Gasteiger partial charge on any atom is 0.239 e. The van der Waals surface area contributed by atoms with Crippen molar-refractivity contribution in [2.24, 2.45) is 0 Å². The summed E-state index contributed by atoms with van der Waals surface area (Å²) in [4.78, 5) is 13.2. The van der Waals surface area contributed by atoms with E-state index in [2.05, 4.69) is 5.32 Å². The largest absolute Gasteiger partial charge is 0.391 e. The highest BCUT2D eigenvalue weighted by Crippen LogP contribution is 2.09. The van der Waals surface area contributed by atoms with E-state index in [0.717, 1.165) is 0 Å². The first-order chi connectivity index (χ1) is 5.65. The molecule has 1 aliphatic rings. The zero-order chi connectivity index (χ0) is 9.14. The number of nitrogens with one attached hydrogen (secondary N) is 1. The van der Waals surface area contributed by atoms with Crippen molar-refractivity contribution in [3.05, 3.63) is 0 Å². The molecule has 0 bridgehead atoms. The predicted molar refractivity (Wildman–Crippen MR) is 45.7 cm³/mol. The lowest BCUT2D eigenvalue weighted by atomic mass is 10.3. The van der Waals surface area contributed by atoms with E-state index in [1.165, 1.54) is 0 Å². The Morgan fingerprint density at radius 1 is 1.75 bits per heavy atom. The quantitative estimate of drug-likeness (QED) is 0.572. The average Bonchev–Trinajstić information content (AvgIpc) is 2.49. The van der Waals surface area contributed by atoms with E-state index in [-0.39, 0.29) is 18.1 Å². The lowest BCUT2D eigenvalue weighted by Crippen LogP contribution is -2.42. The third kappa shape index (κ3) is 1.95. The number of nitrogens with zero attached hydrogens (tertiary/aromatic N) is 1. The summed E-state index contributed by atoms with van der Waals surface area (Å²) in [6, 6.07) is -0.143. The number of amides is 1. The number of aliphatic hydroxyl groups is 1. The van der Waals surface area contributed by atoms with Crippen LogP contribution in [0.5, 0.6) is 0 Å². The van der Waals surface area contributed by atoms with Gasteiger partial charge in [-0.15, -0.1) is 0 Å². The Morgan fingerprint density at radius 3 is 2.83 bits per heavy atom. The van der Waals surface area contributed by atoms with Crippen LogP contribution in [0.4, 0.5) is 0 Å². The molecular formula is C8H16N2O2. The monoisotopic (exact) mass is 172 g/mol. The molecule has 1 aliphatic heterocycles. The molecule has 1 fully saturated rings. The van der Waals surface area contributed by atoms with E-state index >= 15 is 0 Å². The van der Waals surface area contributed by atoms with Gasteiger partial charge in [0.2, 0.25) is 5.91 Å². The summed E-state index contributed by atoms with van der Waals surface area (Å²) >= 11 is 0. The van der Waals surface area contributed by atoms with Gasteiger partial charge in [0.25, 0.3) is 0 Å². The maximum absolute atomic E-state index is 11.5. The number of β-amino-alcohol motifs (C(OH)–C–C–N with tert-alkyl or cyclic N) is 1. The lowest BCUT2D eigenvalue weighted by molar-refractivity contribution is -0.132. The topological polar surface area (TPSA) is 52.6 Å². The van der Waals surface area contributed by atoms with Crippen LogP contribution in [0.25, 0.3) is 0 Å². The number of hydrogen-bond donors (Lipinski definition) is 2. The zero-order valence-corrected chi connectivity index (χ0v) is 7.58. The van der Waals surface area contributed by atoms with E-state index in [0.29, 0.717) is 19.5 Å². The summed E-state index contributed by atoms with van der Waals surface area (Å²) in [7, 11) is 1.76. The molecule has 0 aromatic carbocycles. The number of rotatable bonds is 2. The Bertz CT molecular complexity index is 172. The van der Waals surface area contributed by atoms with Crippen LogP contribution in [0.15, 0.2) is 0 Å². The molecule has 4 nitrogen and oxygen atoms in total. The SMILES string of the molecule is CNC(C)C(=O)N1CCC(O)C1. The van der Waals surface area contributed by atoms with Crippen molar-refractivity contribution in [2.75, 3.05) is 20.1 Å². The fourth-order valence-electron chi connectivity index (χ4n) is 1.34.